The number of H-pyrrole nitrogens is 1. The Bertz CT molecular complexity index is 723. The first-order chi connectivity index (χ1) is 12.8. The van der Waals surface area contributed by atoms with Crippen molar-refractivity contribution in [3.63, 3.8) is 0 Å². The Labute approximate surface area is 154 Å². The highest BCUT2D eigenvalue weighted by molar-refractivity contribution is 5.92. The number of carbonyl (C=O) groups excluding carboxylic acids is 1. The van der Waals surface area contributed by atoms with Gasteiger partial charge in [0.25, 0.3) is 5.91 Å². The number of hydrogen-bond acceptors (Lipinski definition) is 4. The number of rotatable bonds is 5. The number of nitrogens with zero attached hydrogens (tertiary/aromatic N) is 3. The SMILES string of the molecule is O=C(NC1CCCC1)c1cc(C2CCCCN2Cc2cccnc2)[nH]n1. The molecule has 3 heterocycles. The lowest BCUT2D eigenvalue weighted by atomic mass is 9.98. The fourth-order valence-corrected chi connectivity index (χ4v) is 4.21. The molecule has 2 fully saturated rings. The summed E-state index contributed by atoms with van der Waals surface area (Å²) in [6.07, 6.45) is 11.8. The molecule has 0 aromatic carbocycles. The monoisotopic (exact) mass is 353 g/mol. The van der Waals surface area contributed by atoms with Crippen molar-refractivity contribution in [2.24, 2.45) is 0 Å². The first kappa shape index (κ1) is 17.2. The maximum atomic E-state index is 12.5. The van der Waals surface area contributed by atoms with Crippen molar-refractivity contribution in [1.29, 1.82) is 0 Å². The van der Waals surface area contributed by atoms with Crippen molar-refractivity contribution in [3.05, 3.63) is 47.5 Å². The molecule has 1 saturated heterocycles. The Morgan fingerprint density at radius 2 is 2.08 bits per heavy atom. The molecule has 2 N–H and O–H groups in total. The third-order valence-corrected chi connectivity index (χ3v) is 5.60. The van der Waals surface area contributed by atoms with E-state index < -0.39 is 0 Å². The van der Waals surface area contributed by atoms with E-state index in [0.717, 1.165) is 38.0 Å². The molecule has 1 aliphatic heterocycles. The molecule has 1 saturated carbocycles. The number of nitrogens with one attached hydrogen (secondary N) is 2. The van der Waals surface area contributed by atoms with Crippen LogP contribution in [0.15, 0.2) is 30.6 Å². The van der Waals surface area contributed by atoms with Crippen LogP contribution in [0.5, 0.6) is 0 Å². The lowest BCUT2D eigenvalue weighted by Gasteiger charge is -2.34. The van der Waals surface area contributed by atoms with Crippen LogP contribution in [0, 0.1) is 0 Å². The molecule has 0 bridgehead atoms. The minimum atomic E-state index is -0.0472. The van der Waals surface area contributed by atoms with E-state index in [1.165, 1.54) is 31.2 Å². The molecule has 138 valence electrons. The topological polar surface area (TPSA) is 73.9 Å². The van der Waals surface area contributed by atoms with Gasteiger partial charge in [0.15, 0.2) is 0 Å². The average molecular weight is 353 g/mol. The first-order valence-electron chi connectivity index (χ1n) is 9.79. The molecule has 2 aromatic rings. The predicted molar refractivity (Wildman–Crippen MR) is 99.5 cm³/mol. The maximum absolute atomic E-state index is 12.5. The van der Waals surface area contributed by atoms with Gasteiger partial charge in [-0.2, -0.15) is 5.10 Å². The van der Waals surface area contributed by atoms with Gasteiger partial charge in [0.2, 0.25) is 0 Å². The van der Waals surface area contributed by atoms with Gasteiger partial charge < -0.3 is 5.32 Å². The van der Waals surface area contributed by atoms with E-state index in [-0.39, 0.29) is 11.9 Å². The first-order valence-corrected chi connectivity index (χ1v) is 9.79. The number of carbonyl (C=O) groups is 1. The summed E-state index contributed by atoms with van der Waals surface area (Å²) in [4.78, 5) is 19.1. The molecule has 1 aliphatic carbocycles. The second kappa shape index (κ2) is 7.99. The normalized spacial score (nSPS) is 21.8. The van der Waals surface area contributed by atoms with Crippen LogP contribution in [0.1, 0.15) is 72.7 Å². The van der Waals surface area contributed by atoms with E-state index in [1.54, 1.807) is 6.20 Å². The summed E-state index contributed by atoms with van der Waals surface area (Å²) in [7, 11) is 0. The second-order valence-electron chi connectivity index (χ2n) is 7.51. The van der Waals surface area contributed by atoms with Gasteiger partial charge >= 0.3 is 0 Å². The summed E-state index contributed by atoms with van der Waals surface area (Å²) in [5.41, 5.74) is 2.78. The Balaban J connectivity index is 1.44. The van der Waals surface area contributed by atoms with Crippen LogP contribution >= 0.6 is 0 Å². The minimum absolute atomic E-state index is 0.0472. The smallest absolute Gasteiger partial charge is 0.271 e. The van der Waals surface area contributed by atoms with Crippen molar-refractivity contribution in [1.82, 2.24) is 25.4 Å². The summed E-state index contributed by atoms with van der Waals surface area (Å²) in [5.74, 6) is -0.0472. The summed E-state index contributed by atoms with van der Waals surface area (Å²) in [5, 5.41) is 10.5. The van der Waals surface area contributed by atoms with Crippen molar-refractivity contribution in [3.8, 4) is 0 Å². The zero-order valence-corrected chi connectivity index (χ0v) is 15.2. The maximum Gasteiger partial charge on any atom is 0.271 e. The van der Waals surface area contributed by atoms with Gasteiger partial charge in [0, 0.05) is 25.0 Å². The number of likely N-dealkylation sites (tertiary alicyclic amines) is 1. The van der Waals surface area contributed by atoms with Crippen molar-refractivity contribution in [2.75, 3.05) is 6.54 Å². The fraction of sp³-hybridized carbons (Fsp3) is 0.550. The number of aromatic nitrogens is 3. The molecule has 1 unspecified atom stereocenters. The Morgan fingerprint density at radius 3 is 2.88 bits per heavy atom. The van der Waals surface area contributed by atoms with Crippen LogP contribution in [-0.2, 0) is 6.54 Å². The highest BCUT2D eigenvalue weighted by Crippen LogP contribution is 2.31. The van der Waals surface area contributed by atoms with Crippen LogP contribution in [0.4, 0.5) is 0 Å². The van der Waals surface area contributed by atoms with Crippen LogP contribution in [-0.4, -0.2) is 38.6 Å². The summed E-state index contributed by atoms with van der Waals surface area (Å²) >= 11 is 0. The van der Waals surface area contributed by atoms with E-state index in [1.807, 2.05) is 18.3 Å². The lowest BCUT2D eigenvalue weighted by molar-refractivity contribution is 0.0932. The van der Waals surface area contributed by atoms with Gasteiger partial charge in [-0.15, -0.1) is 0 Å². The van der Waals surface area contributed by atoms with Crippen LogP contribution in [0.3, 0.4) is 0 Å². The van der Waals surface area contributed by atoms with E-state index in [0.29, 0.717) is 11.7 Å². The molecule has 0 spiro atoms. The van der Waals surface area contributed by atoms with Crippen LogP contribution in [0.25, 0.3) is 0 Å². The third-order valence-electron chi connectivity index (χ3n) is 5.60. The number of amides is 1. The largest absolute Gasteiger partial charge is 0.348 e. The Hall–Kier alpha value is -2.21. The van der Waals surface area contributed by atoms with E-state index >= 15 is 0 Å². The second-order valence-corrected chi connectivity index (χ2v) is 7.51. The predicted octanol–water partition coefficient (Wildman–Crippen LogP) is 3.20. The standard InChI is InChI=1S/C20H27N5O/c26-20(22-16-7-1-2-8-16)18-12-17(23-24-18)19-9-3-4-11-25(19)14-15-6-5-10-21-13-15/h5-6,10,12-13,16,19H,1-4,7-9,11,14H2,(H,22,26)(H,23,24). The summed E-state index contributed by atoms with van der Waals surface area (Å²) < 4.78 is 0. The Kier molecular flexibility index (Phi) is 5.29. The quantitative estimate of drug-likeness (QED) is 0.866. The lowest BCUT2D eigenvalue weighted by Crippen LogP contribution is -2.33. The average Bonchev–Trinajstić information content (AvgIpc) is 3.35. The van der Waals surface area contributed by atoms with Gasteiger partial charge in [-0.05, 0) is 49.9 Å². The molecule has 6 heteroatoms. The zero-order valence-electron chi connectivity index (χ0n) is 15.2. The van der Waals surface area contributed by atoms with E-state index in [9.17, 15) is 4.79 Å². The molecule has 6 nitrogen and oxygen atoms in total. The minimum Gasteiger partial charge on any atom is -0.348 e. The van der Waals surface area contributed by atoms with E-state index in [2.05, 4.69) is 31.5 Å². The van der Waals surface area contributed by atoms with Gasteiger partial charge in [-0.25, -0.2) is 0 Å². The molecular weight excluding hydrogens is 326 g/mol. The van der Waals surface area contributed by atoms with Crippen molar-refractivity contribution < 1.29 is 4.79 Å². The summed E-state index contributed by atoms with van der Waals surface area (Å²) in [6, 6.07) is 6.64. The Morgan fingerprint density at radius 1 is 1.23 bits per heavy atom. The molecule has 4 rings (SSSR count). The van der Waals surface area contributed by atoms with Crippen LogP contribution < -0.4 is 5.32 Å². The number of aromatic amines is 1. The molecule has 2 aromatic heterocycles. The number of piperidine rings is 1. The number of hydrogen-bond donors (Lipinski definition) is 2. The van der Waals surface area contributed by atoms with Gasteiger partial charge in [-0.1, -0.05) is 25.3 Å². The molecule has 1 atom stereocenters. The molecule has 1 amide bonds. The third kappa shape index (κ3) is 3.96. The van der Waals surface area contributed by atoms with Crippen LogP contribution in [0.2, 0.25) is 0 Å². The molecular formula is C20H27N5O. The van der Waals surface area contributed by atoms with Gasteiger partial charge in [0.05, 0.1) is 11.7 Å². The van der Waals surface area contributed by atoms with Crippen molar-refractivity contribution in [2.45, 2.75) is 63.6 Å². The molecule has 2 aliphatic rings. The number of pyridine rings is 1. The van der Waals surface area contributed by atoms with Gasteiger partial charge in [0.1, 0.15) is 5.69 Å². The van der Waals surface area contributed by atoms with E-state index in [4.69, 9.17) is 0 Å². The highest BCUT2D eigenvalue weighted by Gasteiger charge is 2.27. The van der Waals surface area contributed by atoms with Gasteiger partial charge in [-0.3, -0.25) is 19.8 Å². The highest BCUT2D eigenvalue weighted by atomic mass is 16.2. The molecule has 0 radical (unpaired) electrons. The van der Waals surface area contributed by atoms with Crippen molar-refractivity contribution >= 4 is 5.91 Å². The molecule has 26 heavy (non-hydrogen) atoms. The fourth-order valence-electron chi connectivity index (χ4n) is 4.21. The summed E-state index contributed by atoms with van der Waals surface area (Å²) in [6.45, 7) is 1.93. The zero-order chi connectivity index (χ0) is 17.8.